The highest BCUT2D eigenvalue weighted by Crippen LogP contribution is 2.16. The number of aromatic amines is 1. The van der Waals surface area contributed by atoms with Gasteiger partial charge in [-0.2, -0.15) is 0 Å². The first-order chi connectivity index (χ1) is 8.69. The van der Waals surface area contributed by atoms with Crippen LogP contribution in [0.5, 0.6) is 0 Å². The van der Waals surface area contributed by atoms with Gasteiger partial charge in [0.1, 0.15) is 11.6 Å². The maximum atomic E-state index is 11.4. The Balaban J connectivity index is 2.13. The number of aryl methyl sites for hydroxylation is 1. The monoisotopic (exact) mass is 307 g/mol. The van der Waals surface area contributed by atoms with Crippen LogP contribution in [0.3, 0.4) is 0 Å². The minimum absolute atomic E-state index is 0.128. The summed E-state index contributed by atoms with van der Waals surface area (Å²) < 4.78 is 1.04. The Labute approximate surface area is 114 Å². The van der Waals surface area contributed by atoms with Crippen LogP contribution in [0.25, 0.3) is 0 Å². The summed E-state index contributed by atoms with van der Waals surface area (Å²) in [5.41, 5.74) is 0.995. The zero-order chi connectivity index (χ0) is 13.0. The van der Waals surface area contributed by atoms with Crippen LogP contribution in [0.1, 0.15) is 18.3 Å². The second kappa shape index (κ2) is 5.82. The molecule has 0 spiro atoms. The Hall–Kier alpha value is -1.62. The molecule has 18 heavy (non-hydrogen) atoms. The van der Waals surface area contributed by atoms with Crippen molar-refractivity contribution in [3.05, 3.63) is 56.5 Å². The van der Waals surface area contributed by atoms with Crippen LogP contribution in [0.4, 0.5) is 5.82 Å². The number of aromatic nitrogens is 2. The molecule has 1 heterocycles. The first kappa shape index (κ1) is 12.8. The third kappa shape index (κ3) is 3.20. The number of rotatable bonds is 4. The van der Waals surface area contributed by atoms with Gasteiger partial charge < -0.3 is 10.3 Å². The SMILES string of the molecule is CCc1nc(NCc2ccccc2Br)cc(=O)[nH]1. The van der Waals surface area contributed by atoms with E-state index >= 15 is 0 Å². The van der Waals surface area contributed by atoms with Gasteiger partial charge in [-0.25, -0.2) is 4.98 Å². The standard InChI is InChI=1S/C13H14BrN3O/c1-2-11-16-12(7-13(18)17-11)15-8-9-5-3-4-6-10(9)14/h3-7H,2,8H2,1H3,(H2,15,16,17,18). The lowest BCUT2D eigenvalue weighted by molar-refractivity contribution is 0.914. The van der Waals surface area contributed by atoms with Crippen LogP contribution < -0.4 is 10.9 Å². The number of anilines is 1. The topological polar surface area (TPSA) is 57.8 Å². The molecular weight excluding hydrogens is 294 g/mol. The van der Waals surface area contributed by atoms with E-state index in [0.29, 0.717) is 24.6 Å². The Morgan fingerprint density at radius 2 is 2.17 bits per heavy atom. The number of benzene rings is 1. The minimum Gasteiger partial charge on any atom is -0.366 e. The molecule has 2 aromatic rings. The van der Waals surface area contributed by atoms with Gasteiger partial charge >= 0.3 is 0 Å². The van der Waals surface area contributed by atoms with Crippen LogP contribution in [-0.2, 0) is 13.0 Å². The van der Waals surface area contributed by atoms with Crippen molar-refractivity contribution in [3.63, 3.8) is 0 Å². The first-order valence-corrected chi connectivity index (χ1v) is 6.56. The summed E-state index contributed by atoms with van der Waals surface area (Å²) >= 11 is 3.48. The van der Waals surface area contributed by atoms with Crippen LogP contribution in [0.15, 0.2) is 39.6 Å². The molecule has 5 heteroatoms. The second-order valence-corrected chi connectivity index (χ2v) is 4.73. The van der Waals surface area contributed by atoms with Crippen LogP contribution in [0.2, 0.25) is 0 Å². The summed E-state index contributed by atoms with van der Waals surface area (Å²) in [5, 5.41) is 3.16. The molecule has 0 amide bonds. The summed E-state index contributed by atoms with van der Waals surface area (Å²) in [7, 11) is 0. The second-order valence-electron chi connectivity index (χ2n) is 3.88. The van der Waals surface area contributed by atoms with Gasteiger partial charge in [0.2, 0.25) is 0 Å². The smallest absolute Gasteiger partial charge is 0.252 e. The predicted molar refractivity (Wildman–Crippen MR) is 75.7 cm³/mol. The van der Waals surface area contributed by atoms with E-state index in [0.717, 1.165) is 10.0 Å². The third-order valence-electron chi connectivity index (χ3n) is 2.54. The highest BCUT2D eigenvalue weighted by Gasteiger charge is 2.01. The van der Waals surface area contributed by atoms with E-state index in [1.165, 1.54) is 6.07 Å². The average molecular weight is 308 g/mol. The fourth-order valence-corrected chi connectivity index (χ4v) is 2.02. The third-order valence-corrected chi connectivity index (χ3v) is 3.32. The highest BCUT2D eigenvalue weighted by atomic mass is 79.9. The Morgan fingerprint density at radius 1 is 1.39 bits per heavy atom. The maximum Gasteiger partial charge on any atom is 0.252 e. The van der Waals surface area contributed by atoms with E-state index in [1.54, 1.807) is 0 Å². The normalized spacial score (nSPS) is 10.3. The maximum absolute atomic E-state index is 11.4. The molecule has 0 aliphatic carbocycles. The van der Waals surface area contributed by atoms with E-state index in [-0.39, 0.29) is 5.56 Å². The Bertz CT molecular complexity index is 595. The van der Waals surface area contributed by atoms with Crippen molar-refractivity contribution in [2.24, 2.45) is 0 Å². The lowest BCUT2D eigenvalue weighted by Gasteiger charge is -2.08. The minimum atomic E-state index is -0.128. The van der Waals surface area contributed by atoms with E-state index in [1.807, 2.05) is 31.2 Å². The molecular formula is C13H14BrN3O. The molecule has 0 aliphatic rings. The summed E-state index contributed by atoms with van der Waals surface area (Å²) in [6.07, 6.45) is 0.708. The largest absolute Gasteiger partial charge is 0.366 e. The fraction of sp³-hybridized carbons (Fsp3) is 0.231. The van der Waals surface area contributed by atoms with Crippen LogP contribution >= 0.6 is 15.9 Å². The molecule has 0 saturated heterocycles. The molecule has 94 valence electrons. The van der Waals surface area contributed by atoms with Gasteiger partial charge in [-0.15, -0.1) is 0 Å². The number of hydrogen-bond donors (Lipinski definition) is 2. The number of nitrogens with zero attached hydrogens (tertiary/aromatic N) is 1. The Kier molecular flexibility index (Phi) is 4.15. The van der Waals surface area contributed by atoms with Gasteiger partial charge in [0, 0.05) is 23.5 Å². The molecule has 2 rings (SSSR count). The summed E-state index contributed by atoms with van der Waals surface area (Å²) in [6.45, 7) is 2.58. The quantitative estimate of drug-likeness (QED) is 0.913. The van der Waals surface area contributed by atoms with Crippen molar-refractivity contribution in [3.8, 4) is 0 Å². The summed E-state index contributed by atoms with van der Waals surface area (Å²) in [6, 6.07) is 9.42. The van der Waals surface area contributed by atoms with Gasteiger partial charge in [-0.1, -0.05) is 41.1 Å². The van der Waals surface area contributed by atoms with Crippen LogP contribution in [0, 0.1) is 0 Å². The summed E-state index contributed by atoms with van der Waals surface area (Å²) in [4.78, 5) is 18.4. The zero-order valence-electron chi connectivity index (χ0n) is 10.0. The molecule has 0 aliphatic heterocycles. The molecule has 0 atom stereocenters. The van der Waals surface area contributed by atoms with Crippen molar-refractivity contribution in [1.82, 2.24) is 9.97 Å². The molecule has 1 aromatic carbocycles. The van der Waals surface area contributed by atoms with Crippen molar-refractivity contribution < 1.29 is 0 Å². The van der Waals surface area contributed by atoms with E-state index in [4.69, 9.17) is 0 Å². The number of nitrogens with one attached hydrogen (secondary N) is 2. The molecule has 4 nitrogen and oxygen atoms in total. The predicted octanol–water partition coefficient (Wildman–Crippen LogP) is 2.71. The van der Waals surface area contributed by atoms with Crippen molar-refractivity contribution in [2.75, 3.05) is 5.32 Å². The average Bonchev–Trinajstić information content (AvgIpc) is 2.37. The zero-order valence-corrected chi connectivity index (χ0v) is 11.6. The lowest BCUT2D eigenvalue weighted by atomic mass is 10.2. The van der Waals surface area contributed by atoms with Gasteiger partial charge in [0.15, 0.2) is 0 Å². The molecule has 1 aromatic heterocycles. The molecule has 0 bridgehead atoms. The molecule has 0 unspecified atom stereocenters. The summed E-state index contributed by atoms with van der Waals surface area (Å²) in [5.74, 6) is 1.29. The number of hydrogen-bond acceptors (Lipinski definition) is 3. The molecule has 0 radical (unpaired) electrons. The Morgan fingerprint density at radius 3 is 2.89 bits per heavy atom. The van der Waals surface area contributed by atoms with Gasteiger partial charge in [-0.05, 0) is 11.6 Å². The van der Waals surface area contributed by atoms with Crippen LogP contribution in [-0.4, -0.2) is 9.97 Å². The van der Waals surface area contributed by atoms with E-state index in [9.17, 15) is 4.79 Å². The van der Waals surface area contributed by atoms with E-state index in [2.05, 4.69) is 31.2 Å². The molecule has 0 fully saturated rings. The molecule has 2 N–H and O–H groups in total. The fourth-order valence-electron chi connectivity index (χ4n) is 1.59. The van der Waals surface area contributed by atoms with Gasteiger partial charge in [0.25, 0.3) is 5.56 Å². The number of H-pyrrole nitrogens is 1. The van der Waals surface area contributed by atoms with Crippen molar-refractivity contribution >= 4 is 21.7 Å². The van der Waals surface area contributed by atoms with Gasteiger partial charge in [-0.3, -0.25) is 4.79 Å². The van der Waals surface area contributed by atoms with Crippen molar-refractivity contribution in [2.45, 2.75) is 19.9 Å². The molecule has 0 saturated carbocycles. The van der Waals surface area contributed by atoms with E-state index < -0.39 is 0 Å². The van der Waals surface area contributed by atoms with Gasteiger partial charge in [0.05, 0.1) is 0 Å². The highest BCUT2D eigenvalue weighted by molar-refractivity contribution is 9.10. The number of halogens is 1. The first-order valence-electron chi connectivity index (χ1n) is 5.76. The lowest BCUT2D eigenvalue weighted by Crippen LogP contribution is -2.13. The van der Waals surface area contributed by atoms with Crippen molar-refractivity contribution in [1.29, 1.82) is 0 Å².